The van der Waals surface area contributed by atoms with Crippen molar-refractivity contribution in [1.29, 1.82) is 0 Å². The first-order valence-electron chi connectivity index (χ1n) is 5.30. The molecule has 16 heavy (non-hydrogen) atoms. The molecule has 90 valence electrons. The molecule has 2 nitrogen and oxygen atoms in total. The van der Waals surface area contributed by atoms with Gasteiger partial charge in [-0.3, -0.25) is 0 Å². The summed E-state index contributed by atoms with van der Waals surface area (Å²) in [7, 11) is 0. The molecule has 4 heteroatoms. The van der Waals surface area contributed by atoms with E-state index in [0.29, 0.717) is 11.6 Å². The van der Waals surface area contributed by atoms with E-state index in [1.165, 1.54) is 0 Å². The van der Waals surface area contributed by atoms with E-state index in [9.17, 15) is 0 Å². The van der Waals surface area contributed by atoms with Crippen LogP contribution in [-0.4, -0.2) is 24.7 Å². The summed E-state index contributed by atoms with van der Waals surface area (Å²) in [4.78, 5) is 0. The van der Waals surface area contributed by atoms with Gasteiger partial charge in [-0.1, -0.05) is 23.7 Å². The summed E-state index contributed by atoms with van der Waals surface area (Å²) < 4.78 is 5.70. The molecule has 0 saturated carbocycles. The van der Waals surface area contributed by atoms with E-state index in [1.54, 1.807) is 11.8 Å². The lowest BCUT2D eigenvalue weighted by Crippen LogP contribution is -2.18. The Morgan fingerprint density at radius 2 is 2.25 bits per heavy atom. The van der Waals surface area contributed by atoms with E-state index in [1.807, 2.05) is 25.1 Å². The van der Waals surface area contributed by atoms with Gasteiger partial charge >= 0.3 is 0 Å². The zero-order chi connectivity index (χ0) is 12.0. The summed E-state index contributed by atoms with van der Waals surface area (Å²) in [5.41, 5.74) is 6.88. The van der Waals surface area contributed by atoms with Crippen LogP contribution in [0.5, 0.6) is 5.75 Å². The van der Waals surface area contributed by atoms with Crippen LogP contribution in [0.4, 0.5) is 0 Å². The van der Waals surface area contributed by atoms with Gasteiger partial charge in [0.15, 0.2) is 0 Å². The van der Waals surface area contributed by atoms with Gasteiger partial charge in [0.05, 0.1) is 11.6 Å². The van der Waals surface area contributed by atoms with Crippen molar-refractivity contribution in [3.63, 3.8) is 0 Å². The fourth-order valence-corrected chi connectivity index (χ4v) is 1.95. The molecular formula is C12H18ClNOS. The highest BCUT2D eigenvalue weighted by Crippen LogP contribution is 2.29. The molecule has 0 aliphatic heterocycles. The van der Waals surface area contributed by atoms with Crippen molar-refractivity contribution < 1.29 is 4.74 Å². The molecule has 0 bridgehead atoms. The van der Waals surface area contributed by atoms with Crippen molar-refractivity contribution in [3.05, 3.63) is 28.8 Å². The average Bonchev–Trinajstić information content (AvgIpc) is 2.21. The predicted octanol–water partition coefficient (Wildman–Crippen LogP) is 2.97. The Labute approximate surface area is 107 Å². The first-order valence-corrected chi connectivity index (χ1v) is 7.07. The van der Waals surface area contributed by atoms with Crippen LogP contribution in [0.25, 0.3) is 0 Å². The highest BCUT2D eigenvalue weighted by Gasteiger charge is 2.09. The van der Waals surface area contributed by atoms with Crippen molar-refractivity contribution in [2.45, 2.75) is 19.4 Å². The van der Waals surface area contributed by atoms with Gasteiger partial charge in [-0.25, -0.2) is 0 Å². The third kappa shape index (κ3) is 4.24. The third-order valence-corrected chi connectivity index (χ3v) is 3.00. The Hall–Kier alpha value is -0.380. The molecule has 1 unspecified atom stereocenters. The summed E-state index contributed by atoms with van der Waals surface area (Å²) in [6, 6.07) is 5.91. The molecule has 1 aromatic carbocycles. The van der Waals surface area contributed by atoms with Gasteiger partial charge in [0, 0.05) is 11.8 Å². The van der Waals surface area contributed by atoms with Crippen LogP contribution in [0.15, 0.2) is 18.2 Å². The number of nitrogens with two attached hydrogens (primary N) is 1. The maximum atomic E-state index is 6.12. The fourth-order valence-electron chi connectivity index (χ4n) is 1.45. The Morgan fingerprint density at radius 1 is 1.50 bits per heavy atom. The van der Waals surface area contributed by atoms with E-state index in [0.717, 1.165) is 23.5 Å². The molecule has 0 heterocycles. The van der Waals surface area contributed by atoms with Gasteiger partial charge in [-0.2, -0.15) is 11.8 Å². The topological polar surface area (TPSA) is 35.2 Å². The smallest absolute Gasteiger partial charge is 0.141 e. The van der Waals surface area contributed by atoms with Crippen molar-refractivity contribution in [2.24, 2.45) is 5.73 Å². The lowest BCUT2D eigenvalue weighted by atomic mass is 10.1. The van der Waals surface area contributed by atoms with Gasteiger partial charge in [0.25, 0.3) is 0 Å². The van der Waals surface area contributed by atoms with E-state index in [2.05, 4.69) is 6.26 Å². The minimum atomic E-state index is 0.112. The second-order valence-corrected chi connectivity index (χ2v) is 5.14. The van der Waals surface area contributed by atoms with Crippen molar-refractivity contribution in [3.8, 4) is 5.75 Å². The minimum Gasteiger partial charge on any atom is -0.491 e. The molecular weight excluding hydrogens is 242 g/mol. The highest BCUT2D eigenvalue weighted by molar-refractivity contribution is 7.98. The molecule has 0 saturated heterocycles. The van der Waals surface area contributed by atoms with Crippen LogP contribution in [0, 0.1) is 0 Å². The summed E-state index contributed by atoms with van der Waals surface area (Å²) in [6.07, 6.45) is 2.84. The molecule has 0 aliphatic carbocycles. The van der Waals surface area contributed by atoms with Crippen molar-refractivity contribution >= 4 is 23.4 Å². The maximum absolute atomic E-state index is 6.12. The Morgan fingerprint density at radius 3 is 2.88 bits per heavy atom. The summed E-state index contributed by atoms with van der Waals surface area (Å²) in [5, 5.41) is 0.666. The van der Waals surface area contributed by atoms with E-state index < -0.39 is 0 Å². The maximum Gasteiger partial charge on any atom is 0.141 e. The molecule has 0 aliphatic rings. The van der Waals surface area contributed by atoms with Gasteiger partial charge < -0.3 is 10.5 Å². The molecule has 0 aromatic heterocycles. The van der Waals surface area contributed by atoms with Crippen LogP contribution in [0.1, 0.15) is 12.5 Å². The Bertz CT molecular complexity index is 331. The number of halogens is 1. The van der Waals surface area contributed by atoms with Gasteiger partial charge in [0.2, 0.25) is 0 Å². The molecule has 0 radical (unpaired) electrons. The number of hydrogen-bond acceptors (Lipinski definition) is 3. The van der Waals surface area contributed by atoms with Gasteiger partial charge in [0.1, 0.15) is 5.75 Å². The Balaban J connectivity index is 2.77. The standard InChI is InChI=1S/C12H18ClNOS/c1-9(14)8-10-4-3-5-11(13)12(10)15-6-7-16-2/h3-5,9H,6-8,14H2,1-2H3. The number of rotatable bonds is 6. The van der Waals surface area contributed by atoms with Crippen LogP contribution in [0.3, 0.4) is 0 Å². The SMILES string of the molecule is CSCCOc1c(Cl)cccc1CC(C)N. The normalized spacial score (nSPS) is 12.5. The second kappa shape index (κ2) is 7.05. The average molecular weight is 260 g/mol. The zero-order valence-corrected chi connectivity index (χ0v) is 11.3. The first kappa shape index (κ1) is 13.7. The summed E-state index contributed by atoms with van der Waals surface area (Å²) in [5.74, 6) is 1.75. The molecule has 0 amide bonds. The lowest BCUT2D eigenvalue weighted by molar-refractivity contribution is 0.340. The Kier molecular flexibility index (Phi) is 6.03. The largest absolute Gasteiger partial charge is 0.491 e. The van der Waals surface area contributed by atoms with Crippen molar-refractivity contribution in [1.82, 2.24) is 0 Å². The molecule has 0 fully saturated rings. The van der Waals surface area contributed by atoms with Gasteiger partial charge in [-0.05, 0) is 31.2 Å². The number of para-hydroxylation sites is 1. The lowest BCUT2D eigenvalue weighted by Gasteiger charge is -2.14. The molecule has 0 spiro atoms. The zero-order valence-electron chi connectivity index (χ0n) is 9.70. The number of hydrogen-bond donors (Lipinski definition) is 1. The number of benzene rings is 1. The van der Waals surface area contributed by atoms with Crippen LogP contribution in [-0.2, 0) is 6.42 Å². The molecule has 1 atom stereocenters. The number of ether oxygens (including phenoxy) is 1. The first-order chi connectivity index (χ1) is 7.65. The second-order valence-electron chi connectivity index (χ2n) is 3.75. The predicted molar refractivity (Wildman–Crippen MR) is 72.7 cm³/mol. The monoisotopic (exact) mass is 259 g/mol. The van der Waals surface area contributed by atoms with Crippen LogP contribution >= 0.6 is 23.4 Å². The fraction of sp³-hybridized carbons (Fsp3) is 0.500. The van der Waals surface area contributed by atoms with Gasteiger partial charge in [-0.15, -0.1) is 0 Å². The highest BCUT2D eigenvalue weighted by atomic mass is 35.5. The number of thioether (sulfide) groups is 1. The quantitative estimate of drug-likeness (QED) is 0.798. The van der Waals surface area contributed by atoms with Crippen LogP contribution < -0.4 is 10.5 Å². The summed E-state index contributed by atoms with van der Waals surface area (Å²) >= 11 is 7.87. The van der Waals surface area contributed by atoms with Crippen LogP contribution in [0.2, 0.25) is 5.02 Å². The molecule has 1 aromatic rings. The van der Waals surface area contributed by atoms with E-state index >= 15 is 0 Å². The summed E-state index contributed by atoms with van der Waals surface area (Å²) in [6.45, 7) is 2.66. The third-order valence-electron chi connectivity index (χ3n) is 2.12. The minimum absolute atomic E-state index is 0.112. The molecule has 2 N–H and O–H groups in total. The van der Waals surface area contributed by atoms with Crippen molar-refractivity contribution in [2.75, 3.05) is 18.6 Å². The molecule has 1 rings (SSSR count). The van der Waals surface area contributed by atoms with E-state index in [4.69, 9.17) is 22.1 Å². The van der Waals surface area contributed by atoms with E-state index in [-0.39, 0.29) is 6.04 Å².